The number of hydrogen-bond donors (Lipinski definition) is 3. The lowest BCUT2D eigenvalue weighted by Gasteiger charge is -2.24. The molecule has 0 aromatic carbocycles. The fourth-order valence-corrected chi connectivity index (χ4v) is 1.94. The average Bonchev–Trinajstić information content (AvgIpc) is 2.59. The molecule has 0 aromatic rings. The van der Waals surface area contributed by atoms with Crippen molar-refractivity contribution in [1.82, 2.24) is 4.90 Å². The van der Waals surface area contributed by atoms with Gasteiger partial charge in [-0.05, 0) is 6.42 Å². The van der Waals surface area contributed by atoms with Crippen LogP contribution < -0.4 is 5.73 Å². The molecule has 1 heterocycles. The molecule has 3 atom stereocenters. The van der Waals surface area contributed by atoms with Crippen LogP contribution in [0.5, 0.6) is 0 Å². The molecule has 1 amide bonds. The first kappa shape index (κ1) is 12.9. The highest BCUT2D eigenvalue weighted by molar-refractivity contribution is 5.87. The number of carboxylic acid groups (broad SMARTS) is 1. The third kappa shape index (κ3) is 2.70. The second-order valence-corrected chi connectivity index (χ2v) is 4.13. The fraction of sp³-hybridized carbons (Fsp3) is 0.800. The van der Waals surface area contributed by atoms with E-state index in [1.807, 2.05) is 6.92 Å². The SMILES string of the molecule is CCC[C@H](N)C(=O)N1C[C@@H](O)C[C@H]1C(=O)O. The Morgan fingerprint density at radius 3 is 2.69 bits per heavy atom. The van der Waals surface area contributed by atoms with Gasteiger partial charge in [0.1, 0.15) is 6.04 Å². The second kappa shape index (κ2) is 5.27. The topological polar surface area (TPSA) is 104 Å². The summed E-state index contributed by atoms with van der Waals surface area (Å²) in [6.45, 7) is 1.97. The van der Waals surface area contributed by atoms with Crippen LogP contribution >= 0.6 is 0 Å². The number of carboxylic acids is 1. The number of aliphatic hydroxyl groups excluding tert-OH is 1. The predicted molar refractivity (Wildman–Crippen MR) is 56.6 cm³/mol. The van der Waals surface area contributed by atoms with Gasteiger partial charge in [0, 0.05) is 13.0 Å². The summed E-state index contributed by atoms with van der Waals surface area (Å²) in [4.78, 5) is 23.9. The van der Waals surface area contributed by atoms with Gasteiger partial charge in [-0.2, -0.15) is 0 Å². The average molecular weight is 230 g/mol. The Kier molecular flexibility index (Phi) is 4.26. The van der Waals surface area contributed by atoms with Crippen LogP contribution in [0, 0.1) is 0 Å². The summed E-state index contributed by atoms with van der Waals surface area (Å²) in [5.74, 6) is -1.47. The van der Waals surface area contributed by atoms with Gasteiger partial charge in [-0.25, -0.2) is 4.79 Å². The molecule has 0 spiro atoms. The number of rotatable bonds is 4. The van der Waals surface area contributed by atoms with Crippen LogP contribution in [0.2, 0.25) is 0 Å². The smallest absolute Gasteiger partial charge is 0.326 e. The molecule has 0 unspecified atom stereocenters. The van der Waals surface area contributed by atoms with E-state index in [1.165, 1.54) is 4.90 Å². The van der Waals surface area contributed by atoms with Crippen molar-refractivity contribution in [1.29, 1.82) is 0 Å². The molecule has 1 rings (SSSR count). The number of hydrogen-bond acceptors (Lipinski definition) is 4. The zero-order valence-corrected chi connectivity index (χ0v) is 9.30. The summed E-state index contributed by atoms with van der Waals surface area (Å²) in [7, 11) is 0. The van der Waals surface area contributed by atoms with Gasteiger partial charge in [0.15, 0.2) is 0 Å². The lowest BCUT2D eigenvalue weighted by Crippen LogP contribution is -2.48. The van der Waals surface area contributed by atoms with Crippen molar-refractivity contribution >= 4 is 11.9 Å². The van der Waals surface area contributed by atoms with Crippen LogP contribution in [-0.4, -0.2) is 51.7 Å². The maximum absolute atomic E-state index is 11.8. The summed E-state index contributed by atoms with van der Waals surface area (Å²) < 4.78 is 0. The number of aliphatic hydroxyl groups is 1. The second-order valence-electron chi connectivity index (χ2n) is 4.13. The Labute approximate surface area is 94.0 Å². The van der Waals surface area contributed by atoms with Crippen molar-refractivity contribution in [2.75, 3.05) is 6.54 Å². The quantitative estimate of drug-likeness (QED) is 0.584. The van der Waals surface area contributed by atoms with Crippen molar-refractivity contribution in [3.05, 3.63) is 0 Å². The van der Waals surface area contributed by atoms with E-state index in [0.29, 0.717) is 6.42 Å². The van der Waals surface area contributed by atoms with E-state index >= 15 is 0 Å². The molecule has 4 N–H and O–H groups in total. The molecule has 92 valence electrons. The first-order chi connectivity index (χ1) is 7.47. The van der Waals surface area contributed by atoms with Gasteiger partial charge in [0.05, 0.1) is 12.1 Å². The fourth-order valence-electron chi connectivity index (χ4n) is 1.94. The largest absolute Gasteiger partial charge is 0.480 e. The predicted octanol–water partition coefficient (Wildman–Crippen LogP) is -0.840. The molecule has 1 fully saturated rings. The minimum atomic E-state index is -1.09. The molecule has 1 aliphatic rings. The van der Waals surface area contributed by atoms with Crippen LogP contribution in [0.1, 0.15) is 26.2 Å². The zero-order valence-electron chi connectivity index (χ0n) is 9.30. The normalized spacial score (nSPS) is 26.8. The summed E-state index contributed by atoms with van der Waals surface area (Å²) in [5, 5.41) is 18.3. The monoisotopic (exact) mass is 230 g/mol. The first-order valence-corrected chi connectivity index (χ1v) is 5.44. The Morgan fingerprint density at radius 1 is 1.56 bits per heavy atom. The molecule has 0 saturated carbocycles. The highest BCUT2D eigenvalue weighted by atomic mass is 16.4. The number of carbonyl (C=O) groups excluding carboxylic acids is 1. The Balaban J connectivity index is 2.70. The molecule has 1 aliphatic heterocycles. The van der Waals surface area contributed by atoms with Gasteiger partial charge in [-0.15, -0.1) is 0 Å². The first-order valence-electron chi connectivity index (χ1n) is 5.44. The molecule has 6 nitrogen and oxygen atoms in total. The summed E-state index contributed by atoms with van der Waals surface area (Å²) in [6.07, 6.45) is 0.609. The maximum atomic E-state index is 11.8. The number of carbonyl (C=O) groups is 2. The molecule has 0 aromatic heterocycles. The minimum Gasteiger partial charge on any atom is -0.480 e. The van der Waals surface area contributed by atoms with Gasteiger partial charge >= 0.3 is 5.97 Å². The van der Waals surface area contributed by atoms with Gasteiger partial charge in [0.25, 0.3) is 0 Å². The highest BCUT2D eigenvalue weighted by Gasteiger charge is 2.40. The van der Waals surface area contributed by atoms with Crippen molar-refractivity contribution < 1.29 is 19.8 Å². The van der Waals surface area contributed by atoms with Crippen molar-refractivity contribution in [2.45, 2.75) is 44.4 Å². The number of aliphatic carboxylic acids is 1. The van der Waals surface area contributed by atoms with Crippen LogP contribution in [0.4, 0.5) is 0 Å². The minimum absolute atomic E-state index is 0.0627. The molecule has 0 aliphatic carbocycles. The number of likely N-dealkylation sites (tertiary alicyclic amines) is 1. The summed E-state index contributed by atoms with van der Waals surface area (Å²) in [5.41, 5.74) is 5.65. The summed E-state index contributed by atoms with van der Waals surface area (Å²) in [6, 6.07) is -1.61. The van der Waals surface area contributed by atoms with Crippen LogP contribution in [0.3, 0.4) is 0 Å². The highest BCUT2D eigenvalue weighted by Crippen LogP contribution is 2.19. The van der Waals surface area contributed by atoms with Crippen LogP contribution in [0.15, 0.2) is 0 Å². The Hall–Kier alpha value is -1.14. The maximum Gasteiger partial charge on any atom is 0.326 e. The third-order valence-corrected chi connectivity index (χ3v) is 2.76. The van der Waals surface area contributed by atoms with Crippen LogP contribution in [0.25, 0.3) is 0 Å². The van der Waals surface area contributed by atoms with Crippen molar-refractivity contribution in [2.24, 2.45) is 5.73 Å². The lowest BCUT2D eigenvalue weighted by molar-refractivity contribution is -0.148. The van der Waals surface area contributed by atoms with E-state index in [2.05, 4.69) is 0 Å². The van der Waals surface area contributed by atoms with E-state index in [-0.39, 0.29) is 18.9 Å². The van der Waals surface area contributed by atoms with E-state index in [0.717, 1.165) is 6.42 Å². The van der Waals surface area contributed by atoms with Crippen molar-refractivity contribution in [3.63, 3.8) is 0 Å². The number of nitrogens with zero attached hydrogens (tertiary/aromatic N) is 1. The van der Waals surface area contributed by atoms with Crippen molar-refractivity contribution in [3.8, 4) is 0 Å². The third-order valence-electron chi connectivity index (χ3n) is 2.76. The molecule has 16 heavy (non-hydrogen) atoms. The molecule has 0 bridgehead atoms. The van der Waals surface area contributed by atoms with E-state index in [1.54, 1.807) is 0 Å². The molecular weight excluding hydrogens is 212 g/mol. The van der Waals surface area contributed by atoms with E-state index in [9.17, 15) is 14.7 Å². The number of β-amino-alcohol motifs (C(OH)–C–C–N with tert-alkyl or cyclic N) is 1. The molecule has 0 radical (unpaired) electrons. The van der Waals surface area contributed by atoms with Gasteiger partial charge < -0.3 is 20.8 Å². The van der Waals surface area contributed by atoms with E-state index < -0.39 is 24.2 Å². The van der Waals surface area contributed by atoms with Gasteiger partial charge in [0.2, 0.25) is 5.91 Å². The Bertz CT molecular complexity index is 282. The lowest BCUT2D eigenvalue weighted by atomic mass is 10.1. The number of amides is 1. The number of nitrogens with two attached hydrogens (primary N) is 1. The Morgan fingerprint density at radius 2 is 2.19 bits per heavy atom. The molecule has 1 saturated heterocycles. The van der Waals surface area contributed by atoms with Crippen LogP contribution in [-0.2, 0) is 9.59 Å². The van der Waals surface area contributed by atoms with Gasteiger partial charge in [-0.3, -0.25) is 4.79 Å². The zero-order chi connectivity index (χ0) is 12.3. The summed E-state index contributed by atoms with van der Waals surface area (Å²) >= 11 is 0. The molecule has 6 heteroatoms. The van der Waals surface area contributed by atoms with E-state index in [4.69, 9.17) is 10.8 Å². The van der Waals surface area contributed by atoms with Gasteiger partial charge in [-0.1, -0.05) is 13.3 Å². The standard InChI is InChI=1S/C10H18N2O4/c1-2-3-7(11)9(14)12-5-6(13)4-8(12)10(15)16/h6-8,13H,2-5,11H2,1H3,(H,15,16)/t6-,7-,8-/m0/s1. The molecular formula is C10H18N2O4.